The Bertz CT molecular complexity index is 907. The number of esters is 1. The summed E-state index contributed by atoms with van der Waals surface area (Å²) in [7, 11) is 0. The predicted molar refractivity (Wildman–Crippen MR) is 102 cm³/mol. The number of anilines is 1. The average Bonchev–Trinajstić information content (AvgIpc) is 2.98. The molecule has 0 unspecified atom stereocenters. The molecule has 1 aromatic heterocycles. The second-order valence-corrected chi connectivity index (χ2v) is 6.72. The maximum absolute atomic E-state index is 12.4. The molecule has 6 heteroatoms. The van der Waals surface area contributed by atoms with Crippen molar-refractivity contribution in [2.75, 3.05) is 18.1 Å². The molecule has 1 amide bonds. The second-order valence-electron chi connectivity index (χ2n) is 5.29. The van der Waals surface area contributed by atoms with Crippen molar-refractivity contribution in [3.8, 4) is 0 Å². The van der Waals surface area contributed by atoms with Gasteiger partial charge in [-0.3, -0.25) is 4.79 Å². The van der Waals surface area contributed by atoms with Crippen LogP contribution < -0.4 is 4.90 Å². The van der Waals surface area contributed by atoms with Gasteiger partial charge in [0.25, 0.3) is 5.91 Å². The van der Waals surface area contributed by atoms with Crippen molar-refractivity contribution in [1.29, 1.82) is 0 Å². The van der Waals surface area contributed by atoms with Crippen molar-refractivity contribution >= 4 is 50.6 Å². The number of thiophene rings is 1. The Morgan fingerprint density at radius 3 is 2.44 bits per heavy atom. The number of nitrogens with zero attached hydrogens (tertiary/aromatic N) is 1. The van der Waals surface area contributed by atoms with Crippen LogP contribution >= 0.6 is 22.9 Å². The number of rotatable bonds is 5. The summed E-state index contributed by atoms with van der Waals surface area (Å²) in [5.74, 6) is -0.858. The molecule has 0 bridgehead atoms. The lowest BCUT2D eigenvalue weighted by atomic mass is 10.2. The Morgan fingerprint density at radius 2 is 1.76 bits per heavy atom. The molecule has 3 rings (SSSR count). The summed E-state index contributed by atoms with van der Waals surface area (Å²) in [6.07, 6.45) is 0. The summed E-state index contributed by atoms with van der Waals surface area (Å²) in [6.45, 7) is 2.03. The van der Waals surface area contributed by atoms with E-state index in [1.165, 1.54) is 11.3 Å². The van der Waals surface area contributed by atoms with E-state index in [0.29, 0.717) is 16.4 Å². The minimum Gasteiger partial charge on any atom is -0.451 e. The van der Waals surface area contributed by atoms with Crippen molar-refractivity contribution in [2.45, 2.75) is 6.92 Å². The summed E-state index contributed by atoms with van der Waals surface area (Å²) >= 11 is 7.53. The standard InChI is InChI=1S/C19H16ClNO3S/c1-2-21(13-8-4-3-5-9-13)16(22)12-24-19(23)18-17(20)14-10-6-7-11-15(14)25-18/h3-11H,2,12H2,1H3. The van der Waals surface area contributed by atoms with E-state index in [1.807, 2.05) is 61.5 Å². The van der Waals surface area contributed by atoms with Gasteiger partial charge in [0.15, 0.2) is 6.61 Å². The first kappa shape index (κ1) is 17.5. The van der Waals surface area contributed by atoms with Crippen LogP contribution in [0.2, 0.25) is 5.02 Å². The molecule has 4 nitrogen and oxygen atoms in total. The summed E-state index contributed by atoms with van der Waals surface area (Å²) in [5, 5.41) is 1.18. The lowest BCUT2D eigenvalue weighted by Gasteiger charge is -2.20. The first-order chi connectivity index (χ1) is 12.1. The SMILES string of the molecule is CCN(C(=O)COC(=O)c1sc2ccccc2c1Cl)c1ccccc1. The molecule has 25 heavy (non-hydrogen) atoms. The van der Waals surface area contributed by atoms with E-state index in [9.17, 15) is 9.59 Å². The molecule has 0 radical (unpaired) electrons. The fourth-order valence-corrected chi connectivity index (χ4v) is 3.93. The molecule has 0 spiro atoms. The normalized spacial score (nSPS) is 10.6. The quantitative estimate of drug-likeness (QED) is 0.605. The van der Waals surface area contributed by atoms with Gasteiger partial charge in [0.05, 0.1) is 5.02 Å². The third kappa shape index (κ3) is 3.67. The van der Waals surface area contributed by atoms with E-state index in [0.717, 1.165) is 15.8 Å². The van der Waals surface area contributed by atoms with Crippen LogP contribution in [0.15, 0.2) is 54.6 Å². The fraction of sp³-hybridized carbons (Fsp3) is 0.158. The maximum atomic E-state index is 12.4. The van der Waals surface area contributed by atoms with Crippen LogP contribution in [0.3, 0.4) is 0 Å². The molecule has 128 valence electrons. The van der Waals surface area contributed by atoms with E-state index in [1.54, 1.807) is 4.90 Å². The smallest absolute Gasteiger partial charge is 0.350 e. The number of para-hydroxylation sites is 1. The molecular weight excluding hydrogens is 358 g/mol. The lowest BCUT2D eigenvalue weighted by molar-refractivity contribution is -0.121. The second kappa shape index (κ2) is 7.68. The topological polar surface area (TPSA) is 46.6 Å². The van der Waals surface area contributed by atoms with Crippen LogP contribution in [0.25, 0.3) is 10.1 Å². The number of hydrogen-bond donors (Lipinski definition) is 0. The van der Waals surface area contributed by atoms with Gasteiger partial charge in [-0.05, 0) is 25.1 Å². The van der Waals surface area contributed by atoms with Gasteiger partial charge in [0.2, 0.25) is 0 Å². The molecule has 0 saturated carbocycles. The minimum atomic E-state index is -0.580. The number of halogens is 1. The van der Waals surface area contributed by atoms with Crippen LogP contribution in [-0.2, 0) is 9.53 Å². The van der Waals surface area contributed by atoms with Crippen LogP contribution in [0.1, 0.15) is 16.6 Å². The molecule has 1 heterocycles. The molecule has 0 saturated heterocycles. The van der Waals surface area contributed by atoms with Gasteiger partial charge in [-0.2, -0.15) is 0 Å². The van der Waals surface area contributed by atoms with Crippen molar-refractivity contribution in [3.05, 3.63) is 64.5 Å². The Balaban J connectivity index is 1.70. The number of carbonyl (C=O) groups is 2. The van der Waals surface area contributed by atoms with Crippen molar-refractivity contribution < 1.29 is 14.3 Å². The van der Waals surface area contributed by atoms with Gasteiger partial charge in [-0.1, -0.05) is 48.0 Å². The largest absolute Gasteiger partial charge is 0.451 e. The molecule has 0 aliphatic carbocycles. The lowest BCUT2D eigenvalue weighted by Crippen LogP contribution is -2.34. The number of likely N-dealkylation sites (N-methyl/N-ethyl adjacent to an activating group) is 1. The summed E-state index contributed by atoms with van der Waals surface area (Å²) in [5.41, 5.74) is 0.769. The Labute approximate surface area is 154 Å². The molecule has 0 aliphatic heterocycles. The molecule has 0 atom stereocenters. The number of benzene rings is 2. The van der Waals surface area contributed by atoms with Gasteiger partial charge < -0.3 is 9.64 Å². The van der Waals surface area contributed by atoms with Crippen LogP contribution in [0, 0.1) is 0 Å². The molecular formula is C19H16ClNO3S. The van der Waals surface area contributed by atoms with Gasteiger partial charge in [0.1, 0.15) is 4.88 Å². The highest BCUT2D eigenvalue weighted by atomic mass is 35.5. The molecule has 0 fully saturated rings. The van der Waals surface area contributed by atoms with Crippen LogP contribution in [0.5, 0.6) is 0 Å². The highest BCUT2D eigenvalue weighted by molar-refractivity contribution is 7.21. The predicted octanol–water partition coefficient (Wildman–Crippen LogP) is 4.76. The summed E-state index contributed by atoms with van der Waals surface area (Å²) < 4.78 is 6.11. The van der Waals surface area contributed by atoms with E-state index >= 15 is 0 Å². The van der Waals surface area contributed by atoms with Gasteiger partial charge in [-0.15, -0.1) is 11.3 Å². The maximum Gasteiger partial charge on any atom is 0.350 e. The van der Waals surface area contributed by atoms with Gasteiger partial charge in [-0.25, -0.2) is 4.79 Å². The first-order valence-corrected chi connectivity index (χ1v) is 9.00. The van der Waals surface area contributed by atoms with Gasteiger partial charge in [0, 0.05) is 22.3 Å². The fourth-order valence-electron chi connectivity index (χ4n) is 2.53. The van der Waals surface area contributed by atoms with Crippen molar-refractivity contribution in [2.24, 2.45) is 0 Å². The van der Waals surface area contributed by atoms with Crippen molar-refractivity contribution in [3.63, 3.8) is 0 Å². The Hall–Kier alpha value is -2.37. The van der Waals surface area contributed by atoms with E-state index < -0.39 is 5.97 Å². The number of hydrogen-bond acceptors (Lipinski definition) is 4. The number of amides is 1. The number of carbonyl (C=O) groups excluding carboxylic acids is 2. The summed E-state index contributed by atoms with van der Waals surface area (Å²) in [6, 6.07) is 16.8. The molecule has 0 N–H and O–H groups in total. The first-order valence-electron chi connectivity index (χ1n) is 7.81. The van der Waals surface area contributed by atoms with Gasteiger partial charge >= 0.3 is 5.97 Å². The highest BCUT2D eigenvalue weighted by Crippen LogP contribution is 2.35. The van der Waals surface area contributed by atoms with E-state index in [-0.39, 0.29) is 12.5 Å². The minimum absolute atomic E-state index is 0.278. The Kier molecular flexibility index (Phi) is 5.36. The number of ether oxygens (including phenoxy) is 1. The summed E-state index contributed by atoms with van der Waals surface area (Å²) in [4.78, 5) is 26.6. The zero-order valence-electron chi connectivity index (χ0n) is 13.6. The van der Waals surface area contributed by atoms with E-state index in [2.05, 4.69) is 0 Å². The van der Waals surface area contributed by atoms with Crippen LogP contribution in [0.4, 0.5) is 5.69 Å². The van der Waals surface area contributed by atoms with Crippen molar-refractivity contribution in [1.82, 2.24) is 0 Å². The molecule has 3 aromatic rings. The average molecular weight is 374 g/mol. The zero-order chi connectivity index (χ0) is 17.8. The molecule has 2 aromatic carbocycles. The zero-order valence-corrected chi connectivity index (χ0v) is 15.1. The third-order valence-corrected chi connectivity index (χ3v) is 5.39. The molecule has 0 aliphatic rings. The third-order valence-electron chi connectivity index (χ3n) is 3.73. The monoisotopic (exact) mass is 373 g/mol. The van der Waals surface area contributed by atoms with Crippen LogP contribution in [-0.4, -0.2) is 25.0 Å². The highest BCUT2D eigenvalue weighted by Gasteiger charge is 2.21. The number of fused-ring (bicyclic) bond motifs is 1. The van der Waals surface area contributed by atoms with E-state index in [4.69, 9.17) is 16.3 Å². The Morgan fingerprint density at radius 1 is 1.08 bits per heavy atom.